The number of benzene rings is 2. The van der Waals surface area contributed by atoms with E-state index in [1.54, 1.807) is 39.9 Å². The summed E-state index contributed by atoms with van der Waals surface area (Å²) in [6, 6.07) is 15.2. The molecule has 4 fully saturated rings. The van der Waals surface area contributed by atoms with Crippen LogP contribution in [0.5, 0.6) is 0 Å². The molecule has 5 aliphatic rings. The van der Waals surface area contributed by atoms with E-state index in [0.717, 1.165) is 97.0 Å². The first-order valence-electron chi connectivity index (χ1n) is 24.8. The van der Waals surface area contributed by atoms with E-state index >= 15 is 8.78 Å². The summed E-state index contributed by atoms with van der Waals surface area (Å²) in [5.74, 6) is -2.39. The SMILES string of the molecule is CNc1ccn(-c2ccnc3c2cc(CN2CCC(c4c(F)cc(C(=O)N5CCC(CN6CCN(Cc7ccc8c(c7)C(C)(C)C(=O)N8[C@@H]7CCC(=O)NC7=O)CC6)CC5)cc4F)CC2)n3C)c(=O)c1. The maximum Gasteiger partial charge on any atom is 0.257 e. The van der Waals surface area contributed by atoms with Gasteiger partial charge < -0.3 is 19.7 Å². The lowest BCUT2D eigenvalue weighted by Crippen LogP contribution is -2.55. The average molecular weight is 957 g/mol. The minimum absolute atomic E-state index is 0.0555. The predicted octanol–water partition coefficient (Wildman–Crippen LogP) is 5.52. The minimum atomic E-state index is -0.789. The highest BCUT2D eigenvalue weighted by atomic mass is 19.1. The number of aryl methyl sites for hydroxylation is 1. The van der Waals surface area contributed by atoms with Crippen molar-refractivity contribution in [3.05, 3.63) is 117 Å². The zero-order chi connectivity index (χ0) is 49.0. The topological polar surface area (TPSA) is 148 Å². The van der Waals surface area contributed by atoms with Gasteiger partial charge in [-0.3, -0.25) is 48.6 Å². The number of hydrogen-bond acceptors (Lipinski definition) is 10. The number of carbonyl (C=O) groups is 4. The predicted molar refractivity (Wildman–Crippen MR) is 263 cm³/mol. The third-order valence-electron chi connectivity index (χ3n) is 15.7. The van der Waals surface area contributed by atoms with Crippen LogP contribution in [-0.2, 0) is 39.9 Å². The van der Waals surface area contributed by atoms with Crippen LogP contribution in [0.4, 0.5) is 20.2 Å². The fourth-order valence-corrected chi connectivity index (χ4v) is 11.6. The smallest absolute Gasteiger partial charge is 0.257 e. The highest BCUT2D eigenvalue weighted by Gasteiger charge is 2.49. The van der Waals surface area contributed by atoms with Gasteiger partial charge in [0.05, 0.1) is 11.1 Å². The number of piperazine rings is 1. The lowest BCUT2D eigenvalue weighted by atomic mass is 9.85. The third-order valence-corrected chi connectivity index (χ3v) is 15.7. The molecule has 4 saturated heterocycles. The van der Waals surface area contributed by atoms with Gasteiger partial charge in [-0.05, 0) is 118 Å². The van der Waals surface area contributed by atoms with E-state index in [4.69, 9.17) is 0 Å². The molecule has 2 N–H and O–H groups in total. The molecule has 3 aromatic heterocycles. The van der Waals surface area contributed by atoms with Crippen LogP contribution < -0.4 is 21.1 Å². The molecule has 8 heterocycles. The Morgan fingerprint density at radius 3 is 2.19 bits per heavy atom. The van der Waals surface area contributed by atoms with Crippen molar-refractivity contribution in [2.24, 2.45) is 13.0 Å². The van der Waals surface area contributed by atoms with Crippen LogP contribution in [0.3, 0.4) is 0 Å². The molecule has 0 spiro atoms. The van der Waals surface area contributed by atoms with Crippen LogP contribution in [0.2, 0.25) is 0 Å². The zero-order valence-electron chi connectivity index (χ0n) is 40.5. The molecule has 0 unspecified atom stereocenters. The maximum atomic E-state index is 15.9. The Hall–Kier alpha value is -6.30. The van der Waals surface area contributed by atoms with Crippen LogP contribution >= 0.6 is 0 Å². The number of amides is 4. The van der Waals surface area contributed by atoms with E-state index in [-0.39, 0.29) is 46.7 Å². The largest absolute Gasteiger partial charge is 0.388 e. The maximum absolute atomic E-state index is 15.9. The summed E-state index contributed by atoms with van der Waals surface area (Å²) in [4.78, 5) is 79.8. The van der Waals surface area contributed by atoms with Crippen molar-refractivity contribution in [2.75, 3.05) is 76.2 Å². The molecule has 2 aromatic carbocycles. The standard InChI is InChI=1S/C53H62F2N10O5/c1-53(2)40-25-34(5-6-44(40)65(52(53)70)45-7-8-46(66)58-50(45)68)31-62-23-21-61(22-24-62)30-33-10-18-63(19-11-33)51(69)36-26-41(54)48(42(55)27-36)35-12-16-60(17-13-35)32-38-29-39-43(9-15-57-49(39)59(38)4)64-20-14-37(56-3)28-47(64)67/h5-6,9,14-15,20,25-29,33,35,45,56H,7-8,10-13,16-19,21-24,30-32H2,1-4H3,(H,58,66,68)/t45-/m1/s1. The van der Waals surface area contributed by atoms with Crippen molar-refractivity contribution in [3.63, 3.8) is 0 Å². The molecular weight excluding hydrogens is 895 g/mol. The number of piperidine rings is 3. The molecule has 17 heteroatoms. The molecule has 0 radical (unpaired) electrons. The Kier molecular flexibility index (Phi) is 12.9. The van der Waals surface area contributed by atoms with Gasteiger partial charge in [0.1, 0.15) is 23.3 Å². The van der Waals surface area contributed by atoms with Gasteiger partial charge in [0.15, 0.2) is 0 Å². The van der Waals surface area contributed by atoms with E-state index < -0.39 is 29.0 Å². The quantitative estimate of drug-likeness (QED) is 0.162. The molecule has 4 amide bonds. The molecule has 0 bridgehead atoms. The lowest BCUT2D eigenvalue weighted by molar-refractivity contribution is -0.136. The van der Waals surface area contributed by atoms with Gasteiger partial charge in [-0.15, -0.1) is 0 Å². The summed E-state index contributed by atoms with van der Waals surface area (Å²) < 4.78 is 35.4. The Bertz CT molecular complexity index is 2900. The summed E-state index contributed by atoms with van der Waals surface area (Å²) in [7, 11) is 3.73. The molecule has 5 aliphatic heterocycles. The van der Waals surface area contributed by atoms with E-state index in [0.29, 0.717) is 57.9 Å². The van der Waals surface area contributed by atoms with Crippen LogP contribution in [-0.4, -0.2) is 129 Å². The van der Waals surface area contributed by atoms with Gasteiger partial charge >= 0.3 is 0 Å². The summed E-state index contributed by atoms with van der Waals surface area (Å²) in [5, 5.41) is 6.26. The number of anilines is 2. The summed E-state index contributed by atoms with van der Waals surface area (Å²) in [6.07, 6.45) is 6.79. The fraction of sp³-hybridized carbons (Fsp3) is 0.472. The van der Waals surface area contributed by atoms with Crippen LogP contribution in [0.15, 0.2) is 71.8 Å². The molecule has 15 nitrogen and oxygen atoms in total. The summed E-state index contributed by atoms with van der Waals surface area (Å²) in [6.45, 7) is 12.1. The number of nitrogens with one attached hydrogen (secondary N) is 2. The van der Waals surface area contributed by atoms with Gasteiger partial charge in [-0.2, -0.15) is 0 Å². The lowest BCUT2D eigenvalue weighted by Gasteiger charge is -2.39. The van der Waals surface area contributed by atoms with Crippen LogP contribution in [0.1, 0.15) is 91.0 Å². The highest BCUT2D eigenvalue weighted by molar-refractivity contribution is 6.13. The summed E-state index contributed by atoms with van der Waals surface area (Å²) >= 11 is 0. The summed E-state index contributed by atoms with van der Waals surface area (Å²) in [5.41, 5.74) is 5.21. The first-order valence-corrected chi connectivity index (χ1v) is 24.8. The van der Waals surface area contributed by atoms with Crippen molar-refractivity contribution < 1.29 is 28.0 Å². The zero-order valence-corrected chi connectivity index (χ0v) is 40.5. The number of aromatic nitrogens is 3. The Morgan fingerprint density at radius 1 is 0.800 bits per heavy atom. The number of hydrogen-bond donors (Lipinski definition) is 2. The molecule has 368 valence electrons. The number of likely N-dealkylation sites (tertiary alicyclic amines) is 2. The van der Waals surface area contributed by atoms with E-state index in [2.05, 4.69) is 42.5 Å². The van der Waals surface area contributed by atoms with Gasteiger partial charge in [0.25, 0.3) is 11.5 Å². The number of rotatable bonds is 11. The number of pyridine rings is 2. The van der Waals surface area contributed by atoms with Gasteiger partial charge in [-0.1, -0.05) is 12.1 Å². The van der Waals surface area contributed by atoms with Crippen molar-refractivity contribution in [2.45, 2.75) is 82.8 Å². The molecule has 1 atom stereocenters. The number of imide groups is 1. The monoisotopic (exact) mass is 956 g/mol. The van der Waals surface area contributed by atoms with Crippen molar-refractivity contribution in [1.29, 1.82) is 0 Å². The Labute approximate surface area is 406 Å². The number of carbonyl (C=O) groups excluding carboxylic acids is 4. The molecule has 10 rings (SSSR count). The second-order valence-corrected chi connectivity index (χ2v) is 20.5. The minimum Gasteiger partial charge on any atom is -0.388 e. The molecule has 0 saturated carbocycles. The number of halogens is 2. The van der Waals surface area contributed by atoms with Crippen LogP contribution in [0, 0.1) is 17.6 Å². The van der Waals surface area contributed by atoms with E-state index in [1.807, 2.05) is 49.7 Å². The Balaban J connectivity index is 0.686. The van der Waals surface area contributed by atoms with E-state index in [1.165, 1.54) is 12.1 Å². The van der Waals surface area contributed by atoms with Crippen molar-refractivity contribution in [3.8, 4) is 5.69 Å². The highest BCUT2D eigenvalue weighted by Crippen LogP contribution is 2.44. The Morgan fingerprint density at radius 2 is 1.50 bits per heavy atom. The molecule has 70 heavy (non-hydrogen) atoms. The van der Waals surface area contributed by atoms with Crippen molar-refractivity contribution >= 4 is 46.0 Å². The number of fused-ring (bicyclic) bond motifs is 2. The second kappa shape index (κ2) is 19.1. The van der Waals surface area contributed by atoms with Crippen molar-refractivity contribution in [1.82, 2.24) is 39.0 Å². The van der Waals surface area contributed by atoms with E-state index in [9.17, 15) is 24.0 Å². The molecule has 5 aromatic rings. The first-order chi connectivity index (χ1) is 33.7. The normalized spacial score (nSPS) is 20.9. The fourth-order valence-electron chi connectivity index (χ4n) is 11.6. The third kappa shape index (κ3) is 9.03. The number of nitrogens with zero attached hydrogens (tertiary/aromatic N) is 8. The van der Waals surface area contributed by atoms with Gasteiger partial charge in [-0.25, -0.2) is 13.8 Å². The van der Waals surface area contributed by atoms with Gasteiger partial charge in [0.2, 0.25) is 17.7 Å². The van der Waals surface area contributed by atoms with Gasteiger partial charge in [0, 0.05) is 131 Å². The molecular formula is C53H62F2N10O5. The van der Waals surface area contributed by atoms with Crippen LogP contribution in [0.25, 0.3) is 16.7 Å². The average Bonchev–Trinajstić information content (AvgIpc) is 3.77. The second-order valence-electron chi connectivity index (χ2n) is 20.5. The molecule has 0 aliphatic carbocycles. The first kappa shape index (κ1) is 47.4.